The van der Waals surface area contributed by atoms with E-state index in [1.165, 1.54) is 0 Å². The van der Waals surface area contributed by atoms with Gasteiger partial charge in [-0.05, 0) is 55.3 Å². The number of anilines is 1. The molecule has 1 aliphatic rings. The summed E-state index contributed by atoms with van der Waals surface area (Å²) in [5.41, 5.74) is 1.26. The minimum absolute atomic E-state index is 0.0436. The average molecular weight is 398 g/mol. The zero-order valence-corrected chi connectivity index (χ0v) is 16.0. The van der Waals surface area contributed by atoms with Crippen molar-refractivity contribution in [3.05, 3.63) is 63.7 Å². The maximum Gasteiger partial charge on any atom is 0.262 e. The van der Waals surface area contributed by atoms with Crippen LogP contribution >= 0.6 is 11.6 Å². The number of benzene rings is 2. The van der Waals surface area contributed by atoms with Crippen LogP contribution in [0, 0.1) is 0 Å². The Morgan fingerprint density at radius 3 is 2.79 bits per heavy atom. The third kappa shape index (κ3) is 4.02. The lowest BCUT2D eigenvalue weighted by Crippen LogP contribution is -2.24. The highest BCUT2D eigenvalue weighted by molar-refractivity contribution is 6.30. The molecule has 2 heterocycles. The van der Waals surface area contributed by atoms with E-state index in [0.717, 1.165) is 31.5 Å². The molecule has 28 heavy (non-hydrogen) atoms. The van der Waals surface area contributed by atoms with Crippen LogP contribution in [0.1, 0.15) is 25.1 Å². The average Bonchev–Trinajstić information content (AvgIpc) is 2.94. The number of ether oxygens (including phenoxy) is 1. The van der Waals surface area contributed by atoms with Gasteiger partial charge in [0.05, 0.1) is 10.9 Å². The highest BCUT2D eigenvalue weighted by atomic mass is 35.5. The van der Waals surface area contributed by atoms with E-state index in [1.54, 1.807) is 47.0 Å². The molecule has 144 valence electrons. The van der Waals surface area contributed by atoms with Crippen LogP contribution in [0.4, 0.5) is 5.69 Å². The number of carbonyl (C=O) groups excluding carboxylic acids is 1. The number of hydrogen-bond acceptors (Lipinski definition) is 4. The first kappa shape index (κ1) is 18.5. The van der Waals surface area contributed by atoms with Gasteiger partial charge in [0.15, 0.2) is 6.61 Å². The van der Waals surface area contributed by atoms with Crippen LogP contribution in [-0.4, -0.2) is 22.1 Å². The molecule has 2 aromatic carbocycles. The normalized spacial score (nSPS) is 13.6. The minimum Gasteiger partial charge on any atom is -0.484 e. The fourth-order valence-corrected chi connectivity index (χ4v) is 3.49. The Morgan fingerprint density at radius 2 is 1.96 bits per heavy atom. The Labute approximate surface area is 167 Å². The first-order valence-electron chi connectivity index (χ1n) is 9.32. The second-order valence-electron chi connectivity index (χ2n) is 6.82. The Morgan fingerprint density at radius 1 is 1.14 bits per heavy atom. The zero-order chi connectivity index (χ0) is 19.5. The monoisotopic (exact) mass is 397 g/mol. The third-order valence-electron chi connectivity index (χ3n) is 4.78. The third-order valence-corrected chi connectivity index (χ3v) is 5.04. The SMILES string of the molecule is O=C(COc1ccc2nc3n(c(=O)c2c1)CCCCC3)Nc1ccc(Cl)cc1. The van der Waals surface area contributed by atoms with Gasteiger partial charge in [0.25, 0.3) is 11.5 Å². The molecule has 0 radical (unpaired) electrons. The summed E-state index contributed by atoms with van der Waals surface area (Å²) in [6, 6.07) is 12.0. The zero-order valence-electron chi connectivity index (χ0n) is 15.3. The molecule has 0 bridgehead atoms. The summed E-state index contributed by atoms with van der Waals surface area (Å²) in [5, 5.41) is 3.85. The van der Waals surface area contributed by atoms with E-state index < -0.39 is 0 Å². The lowest BCUT2D eigenvalue weighted by Gasteiger charge is -2.11. The maximum absolute atomic E-state index is 12.9. The summed E-state index contributed by atoms with van der Waals surface area (Å²) in [5.74, 6) is 1.03. The molecule has 0 saturated heterocycles. The summed E-state index contributed by atoms with van der Waals surface area (Å²) < 4.78 is 7.35. The molecule has 0 fully saturated rings. The molecular formula is C21H20ClN3O3. The fraction of sp³-hybridized carbons (Fsp3) is 0.286. The number of carbonyl (C=O) groups is 1. The van der Waals surface area contributed by atoms with E-state index in [4.69, 9.17) is 16.3 Å². The van der Waals surface area contributed by atoms with Gasteiger partial charge in [-0.25, -0.2) is 4.98 Å². The summed E-state index contributed by atoms with van der Waals surface area (Å²) >= 11 is 5.83. The predicted molar refractivity (Wildman–Crippen MR) is 109 cm³/mol. The van der Waals surface area contributed by atoms with Crippen LogP contribution in [0.3, 0.4) is 0 Å². The van der Waals surface area contributed by atoms with Crippen LogP contribution < -0.4 is 15.6 Å². The smallest absolute Gasteiger partial charge is 0.262 e. The highest BCUT2D eigenvalue weighted by Gasteiger charge is 2.14. The molecule has 0 unspecified atom stereocenters. The number of amides is 1. The molecular weight excluding hydrogens is 378 g/mol. The molecule has 1 aliphatic heterocycles. The number of aryl methyl sites for hydroxylation is 1. The lowest BCUT2D eigenvalue weighted by molar-refractivity contribution is -0.118. The number of rotatable bonds is 4. The van der Waals surface area contributed by atoms with Gasteiger partial charge in [0, 0.05) is 23.7 Å². The number of hydrogen-bond donors (Lipinski definition) is 1. The largest absolute Gasteiger partial charge is 0.484 e. The van der Waals surface area contributed by atoms with E-state index in [2.05, 4.69) is 10.3 Å². The lowest BCUT2D eigenvalue weighted by atomic mass is 10.2. The van der Waals surface area contributed by atoms with Crippen molar-refractivity contribution in [2.24, 2.45) is 0 Å². The Kier molecular flexibility index (Phi) is 5.30. The Bertz CT molecular complexity index is 1080. The predicted octanol–water partition coefficient (Wildman–Crippen LogP) is 3.79. The van der Waals surface area contributed by atoms with Crippen molar-refractivity contribution < 1.29 is 9.53 Å². The van der Waals surface area contributed by atoms with Crippen LogP contribution in [-0.2, 0) is 17.8 Å². The standard InChI is InChI=1S/C21H20ClN3O3/c22-14-5-7-15(8-6-14)23-20(26)13-28-16-9-10-18-17(12-16)21(27)25-11-3-1-2-4-19(25)24-18/h5-10,12H,1-4,11,13H2,(H,23,26). The molecule has 1 amide bonds. The van der Waals surface area contributed by atoms with Gasteiger partial charge in [-0.1, -0.05) is 18.0 Å². The van der Waals surface area contributed by atoms with Crippen LogP contribution in [0.2, 0.25) is 5.02 Å². The molecule has 6 nitrogen and oxygen atoms in total. The van der Waals surface area contributed by atoms with E-state index in [1.807, 2.05) is 0 Å². The van der Waals surface area contributed by atoms with Gasteiger partial charge in [0.1, 0.15) is 11.6 Å². The summed E-state index contributed by atoms with van der Waals surface area (Å²) in [6.07, 6.45) is 3.98. The van der Waals surface area contributed by atoms with Crippen molar-refractivity contribution in [3.8, 4) is 5.75 Å². The van der Waals surface area contributed by atoms with E-state index >= 15 is 0 Å². The Balaban J connectivity index is 1.50. The van der Waals surface area contributed by atoms with Crippen LogP contribution in [0.25, 0.3) is 10.9 Å². The molecule has 0 spiro atoms. The summed E-state index contributed by atoms with van der Waals surface area (Å²) in [6.45, 7) is 0.541. The Hall–Kier alpha value is -2.86. The molecule has 0 saturated carbocycles. The van der Waals surface area contributed by atoms with E-state index in [9.17, 15) is 9.59 Å². The molecule has 0 aliphatic carbocycles. The molecule has 1 aromatic heterocycles. The molecule has 0 atom stereocenters. The number of aromatic nitrogens is 2. The van der Waals surface area contributed by atoms with E-state index in [-0.39, 0.29) is 18.1 Å². The minimum atomic E-state index is -0.292. The van der Waals surface area contributed by atoms with Crippen molar-refractivity contribution >= 4 is 34.1 Å². The number of halogens is 1. The van der Waals surface area contributed by atoms with Gasteiger partial charge in [0.2, 0.25) is 0 Å². The maximum atomic E-state index is 12.9. The van der Waals surface area contributed by atoms with Gasteiger partial charge >= 0.3 is 0 Å². The van der Waals surface area contributed by atoms with Crippen molar-refractivity contribution in [1.29, 1.82) is 0 Å². The quantitative estimate of drug-likeness (QED) is 0.726. The number of fused-ring (bicyclic) bond motifs is 2. The van der Waals surface area contributed by atoms with Gasteiger partial charge < -0.3 is 10.1 Å². The topological polar surface area (TPSA) is 73.2 Å². The summed E-state index contributed by atoms with van der Waals surface area (Å²) in [7, 11) is 0. The van der Waals surface area contributed by atoms with Crippen LogP contribution in [0.15, 0.2) is 47.3 Å². The number of nitrogens with one attached hydrogen (secondary N) is 1. The number of nitrogens with zero attached hydrogens (tertiary/aromatic N) is 2. The molecule has 4 rings (SSSR count). The molecule has 1 N–H and O–H groups in total. The first-order valence-corrected chi connectivity index (χ1v) is 9.70. The molecule has 3 aromatic rings. The van der Waals surface area contributed by atoms with Crippen molar-refractivity contribution in [2.45, 2.75) is 32.2 Å². The van der Waals surface area contributed by atoms with Gasteiger partial charge in [-0.2, -0.15) is 0 Å². The second kappa shape index (κ2) is 8.02. The van der Waals surface area contributed by atoms with Crippen LogP contribution in [0.5, 0.6) is 5.75 Å². The first-order chi connectivity index (χ1) is 13.6. The van der Waals surface area contributed by atoms with Gasteiger partial charge in [-0.3, -0.25) is 14.2 Å². The molecule has 7 heteroatoms. The van der Waals surface area contributed by atoms with Crippen molar-refractivity contribution in [1.82, 2.24) is 9.55 Å². The van der Waals surface area contributed by atoms with E-state index in [0.29, 0.717) is 33.9 Å². The summed E-state index contributed by atoms with van der Waals surface area (Å²) in [4.78, 5) is 29.6. The van der Waals surface area contributed by atoms with Gasteiger partial charge in [-0.15, -0.1) is 0 Å². The van der Waals surface area contributed by atoms with Crippen molar-refractivity contribution in [2.75, 3.05) is 11.9 Å². The second-order valence-corrected chi connectivity index (χ2v) is 7.25. The fourth-order valence-electron chi connectivity index (χ4n) is 3.37. The highest BCUT2D eigenvalue weighted by Crippen LogP contribution is 2.20. The van der Waals surface area contributed by atoms with Crippen molar-refractivity contribution in [3.63, 3.8) is 0 Å².